The van der Waals surface area contributed by atoms with Gasteiger partial charge in [-0.15, -0.1) is 0 Å². The summed E-state index contributed by atoms with van der Waals surface area (Å²) in [6.07, 6.45) is 2.17. The van der Waals surface area contributed by atoms with Gasteiger partial charge in [-0.25, -0.2) is 5.43 Å². The first-order valence-corrected chi connectivity index (χ1v) is 10.2. The van der Waals surface area contributed by atoms with Gasteiger partial charge < -0.3 is 9.47 Å². The second kappa shape index (κ2) is 8.25. The minimum Gasteiger partial charge on any atom is -0.493 e. The van der Waals surface area contributed by atoms with Crippen molar-refractivity contribution in [3.05, 3.63) is 69.7 Å². The number of aryl methyl sites for hydroxylation is 2. The summed E-state index contributed by atoms with van der Waals surface area (Å²) in [4.78, 5) is 12.2. The molecule has 4 rings (SSSR count). The summed E-state index contributed by atoms with van der Waals surface area (Å²) in [5, 5.41) is 6.81. The van der Waals surface area contributed by atoms with Gasteiger partial charge in [0.05, 0.1) is 12.8 Å². The van der Waals surface area contributed by atoms with Gasteiger partial charge in [-0.3, -0.25) is 4.79 Å². The summed E-state index contributed by atoms with van der Waals surface area (Å²) in [5.41, 5.74) is 7.14. The molecule has 0 bridgehead atoms. The maximum Gasteiger partial charge on any atom is 0.277 e. The van der Waals surface area contributed by atoms with Crippen molar-refractivity contribution in [2.75, 3.05) is 13.7 Å². The Morgan fingerprint density at radius 2 is 1.90 bits per heavy atom. The third-order valence-corrected chi connectivity index (χ3v) is 5.59. The van der Waals surface area contributed by atoms with Crippen LogP contribution in [0.2, 0.25) is 0 Å². The van der Waals surface area contributed by atoms with Crippen LogP contribution >= 0.6 is 15.9 Å². The van der Waals surface area contributed by atoms with Crippen molar-refractivity contribution in [3.63, 3.8) is 0 Å². The lowest BCUT2D eigenvalue weighted by Crippen LogP contribution is -2.25. The summed E-state index contributed by atoms with van der Waals surface area (Å²) in [7, 11) is 1.56. The lowest BCUT2D eigenvalue weighted by molar-refractivity contribution is -0.123. The van der Waals surface area contributed by atoms with Gasteiger partial charge >= 0.3 is 0 Å². The molecule has 0 saturated heterocycles. The molecule has 3 aromatic rings. The van der Waals surface area contributed by atoms with Crippen LogP contribution in [-0.2, 0) is 17.6 Å². The Hall–Kier alpha value is -2.86. The predicted octanol–water partition coefficient (Wildman–Crippen LogP) is 4.63. The van der Waals surface area contributed by atoms with Gasteiger partial charge in [0.2, 0.25) is 0 Å². The number of halogens is 1. The average Bonchev–Trinajstić information content (AvgIpc) is 3.16. The summed E-state index contributed by atoms with van der Waals surface area (Å²) < 4.78 is 11.7. The Bertz CT molecular complexity index is 1110. The zero-order valence-electron chi connectivity index (χ0n) is 16.3. The summed E-state index contributed by atoms with van der Waals surface area (Å²) in [6, 6.07) is 16.0. The molecule has 1 aliphatic rings. The lowest BCUT2D eigenvalue weighted by Gasteiger charge is -2.11. The second-order valence-electron chi connectivity index (χ2n) is 6.93. The SMILES string of the molecule is COc1cc(Br)ccc1OCC(=O)NN=C(C)c1ccc2c3c(cccc13)CC2. The first-order valence-electron chi connectivity index (χ1n) is 9.40. The molecule has 0 aliphatic heterocycles. The summed E-state index contributed by atoms with van der Waals surface area (Å²) in [6.45, 7) is 1.75. The quantitative estimate of drug-likeness (QED) is 0.438. The van der Waals surface area contributed by atoms with Crippen LogP contribution in [0.5, 0.6) is 11.5 Å². The van der Waals surface area contributed by atoms with Gasteiger partial charge in [-0.05, 0) is 59.9 Å². The number of carbonyl (C=O) groups is 1. The van der Waals surface area contributed by atoms with Gasteiger partial charge in [-0.1, -0.05) is 46.3 Å². The van der Waals surface area contributed by atoms with E-state index in [0.717, 1.165) is 28.6 Å². The van der Waals surface area contributed by atoms with Crippen LogP contribution in [-0.4, -0.2) is 25.3 Å². The predicted molar refractivity (Wildman–Crippen MR) is 118 cm³/mol. The molecule has 0 radical (unpaired) electrons. The van der Waals surface area contributed by atoms with Crippen LogP contribution < -0.4 is 14.9 Å². The fourth-order valence-corrected chi connectivity index (χ4v) is 4.05. The summed E-state index contributed by atoms with van der Waals surface area (Å²) in [5.74, 6) is 0.721. The number of methoxy groups -OCH3 is 1. The number of carbonyl (C=O) groups excluding carboxylic acids is 1. The van der Waals surface area contributed by atoms with Crippen molar-refractivity contribution in [3.8, 4) is 11.5 Å². The molecule has 0 atom stereocenters. The van der Waals surface area contributed by atoms with Crippen molar-refractivity contribution in [1.82, 2.24) is 5.43 Å². The fraction of sp³-hybridized carbons (Fsp3) is 0.217. The topological polar surface area (TPSA) is 59.9 Å². The molecule has 5 nitrogen and oxygen atoms in total. The number of hydrazone groups is 1. The van der Waals surface area contributed by atoms with E-state index in [-0.39, 0.29) is 12.5 Å². The lowest BCUT2D eigenvalue weighted by atomic mass is 9.98. The molecular weight excluding hydrogens is 432 g/mol. The van der Waals surface area contributed by atoms with E-state index in [4.69, 9.17) is 9.47 Å². The van der Waals surface area contributed by atoms with Crippen molar-refractivity contribution in [2.45, 2.75) is 19.8 Å². The van der Waals surface area contributed by atoms with Gasteiger partial charge in [0, 0.05) is 10.0 Å². The molecule has 148 valence electrons. The molecule has 6 heteroatoms. The monoisotopic (exact) mass is 452 g/mol. The molecular formula is C23H21BrN2O3. The molecule has 1 amide bonds. The van der Waals surface area contributed by atoms with Crippen LogP contribution in [0.15, 0.2) is 58.1 Å². The van der Waals surface area contributed by atoms with Crippen molar-refractivity contribution in [2.24, 2.45) is 5.10 Å². The van der Waals surface area contributed by atoms with E-state index < -0.39 is 0 Å². The molecule has 0 aromatic heterocycles. The third kappa shape index (κ3) is 3.98. The molecule has 3 aromatic carbocycles. The molecule has 0 fully saturated rings. The summed E-state index contributed by atoms with van der Waals surface area (Å²) >= 11 is 3.38. The molecule has 0 heterocycles. The van der Waals surface area contributed by atoms with Gasteiger partial charge in [0.1, 0.15) is 0 Å². The molecule has 29 heavy (non-hydrogen) atoms. The van der Waals surface area contributed by atoms with Crippen LogP contribution in [0.1, 0.15) is 23.6 Å². The molecule has 1 N–H and O–H groups in total. The minimum atomic E-state index is -0.333. The first-order chi connectivity index (χ1) is 14.1. The Morgan fingerprint density at radius 1 is 1.10 bits per heavy atom. The molecule has 0 unspecified atom stereocenters. The number of nitrogens with one attached hydrogen (secondary N) is 1. The number of amides is 1. The maximum atomic E-state index is 12.2. The van der Waals surface area contributed by atoms with Gasteiger partial charge in [-0.2, -0.15) is 5.10 Å². The molecule has 0 spiro atoms. The van der Waals surface area contributed by atoms with Crippen molar-refractivity contribution in [1.29, 1.82) is 0 Å². The van der Waals surface area contributed by atoms with E-state index in [1.807, 2.05) is 13.0 Å². The van der Waals surface area contributed by atoms with E-state index in [1.54, 1.807) is 19.2 Å². The van der Waals surface area contributed by atoms with Crippen molar-refractivity contribution >= 4 is 38.3 Å². The van der Waals surface area contributed by atoms with E-state index in [2.05, 4.69) is 56.8 Å². The highest BCUT2D eigenvalue weighted by molar-refractivity contribution is 9.10. The third-order valence-electron chi connectivity index (χ3n) is 5.10. The van der Waals surface area contributed by atoms with Crippen LogP contribution in [0, 0.1) is 0 Å². The highest BCUT2D eigenvalue weighted by Crippen LogP contribution is 2.33. The van der Waals surface area contributed by atoms with Crippen LogP contribution in [0.3, 0.4) is 0 Å². The highest BCUT2D eigenvalue weighted by atomic mass is 79.9. The van der Waals surface area contributed by atoms with Crippen LogP contribution in [0.25, 0.3) is 10.8 Å². The Morgan fingerprint density at radius 3 is 2.69 bits per heavy atom. The Labute approximate surface area is 177 Å². The number of benzene rings is 3. The van der Waals surface area contributed by atoms with Gasteiger partial charge in [0.15, 0.2) is 18.1 Å². The normalized spacial score (nSPS) is 12.9. The smallest absolute Gasteiger partial charge is 0.277 e. The maximum absolute atomic E-state index is 12.2. The van der Waals surface area contributed by atoms with E-state index in [9.17, 15) is 4.79 Å². The molecule has 1 aliphatic carbocycles. The van der Waals surface area contributed by atoms with E-state index in [0.29, 0.717) is 11.5 Å². The van der Waals surface area contributed by atoms with Crippen LogP contribution in [0.4, 0.5) is 0 Å². The number of nitrogens with zero attached hydrogens (tertiary/aromatic N) is 1. The number of hydrogen-bond acceptors (Lipinski definition) is 4. The van der Waals surface area contributed by atoms with Gasteiger partial charge in [0.25, 0.3) is 5.91 Å². The minimum absolute atomic E-state index is 0.154. The Balaban J connectivity index is 1.46. The highest BCUT2D eigenvalue weighted by Gasteiger charge is 2.16. The number of rotatable bonds is 6. The number of ether oxygens (including phenoxy) is 2. The van der Waals surface area contributed by atoms with E-state index in [1.165, 1.54) is 21.9 Å². The average molecular weight is 453 g/mol. The zero-order chi connectivity index (χ0) is 20.4. The zero-order valence-corrected chi connectivity index (χ0v) is 17.9. The largest absolute Gasteiger partial charge is 0.493 e. The van der Waals surface area contributed by atoms with E-state index >= 15 is 0 Å². The first kappa shape index (κ1) is 19.5. The standard InChI is InChI=1S/C23H21BrN2O3/c1-14(18-10-8-16-7-6-15-4-3-5-19(18)23(15)16)25-26-22(27)13-29-20-11-9-17(24)12-21(20)28-2/h3-5,8-12H,6-7,13H2,1-2H3,(H,26,27). The second-order valence-corrected chi connectivity index (χ2v) is 7.84. The fourth-order valence-electron chi connectivity index (χ4n) is 3.70. The number of hydrogen-bond donors (Lipinski definition) is 1. The van der Waals surface area contributed by atoms with Crippen molar-refractivity contribution < 1.29 is 14.3 Å². The molecule has 0 saturated carbocycles. The Kier molecular flexibility index (Phi) is 5.53.